The monoisotopic (exact) mass is 522 g/mol. The first-order valence-corrected chi connectivity index (χ1v) is 12.7. The molecule has 2 fully saturated rings. The van der Waals surface area contributed by atoms with E-state index in [0.29, 0.717) is 67.9 Å². The molecule has 38 heavy (non-hydrogen) atoms. The molecule has 2 aromatic carbocycles. The predicted octanol–water partition coefficient (Wildman–Crippen LogP) is 3.41. The molecule has 2 aromatic rings. The van der Waals surface area contributed by atoms with Crippen LogP contribution in [0.3, 0.4) is 0 Å². The van der Waals surface area contributed by atoms with Crippen LogP contribution in [0.25, 0.3) is 5.76 Å². The van der Waals surface area contributed by atoms with Gasteiger partial charge in [0.2, 0.25) is 0 Å². The molecule has 0 aromatic heterocycles. The summed E-state index contributed by atoms with van der Waals surface area (Å²) in [6.07, 6.45) is 1.64. The van der Waals surface area contributed by atoms with Crippen molar-refractivity contribution in [3.05, 3.63) is 71.8 Å². The van der Waals surface area contributed by atoms with Gasteiger partial charge in [0.1, 0.15) is 18.1 Å². The van der Waals surface area contributed by atoms with Crippen LogP contribution in [-0.2, 0) is 14.3 Å². The van der Waals surface area contributed by atoms with Crippen LogP contribution in [0.1, 0.15) is 24.1 Å². The van der Waals surface area contributed by atoms with E-state index in [9.17, 15) is 14.7 Å². The van der Waals surface area contributed by atoms with E-state index in [1.165, 1.54) is 12.0 Å². The molecule has 1 atom stereocenters. The van der Waals surface area contributed by atoms with Crippen molar-refractivity contribution in [2.45, 2.75) is 13.0 Å². The number of ketones is 1. The summed E-state index contributed by atoms with van der Waals surface area (Å²) >= 11 is 0. The van der Waals surface area contributed by atoms with Crippen LogP contribution in [0, 0.1) is 0 Å². The molecule has 1 N–H and O–H groups in total. The zero-order valence-electron chi connectivity index (χ0n) is 21.9. The molecule has 9 nitrogen and oxygen atoms in total. The third kappa shape index (κ3) is 5.84. The molecule has 0 radical (unpaired) electrons. The van der Waals surface area contributed by atoms with E-state index in [4.69, 9.17) is 18.9 Å². The van der Waals surface area contributed by atoms with Crippen molar-refractivity contribution >= 4 is 17.4 Å². The minimum atomic E-state index is -0.794. The van der Waals surface area contributed by atoms with Gasteiger partial charge in [-0.3, -0.25) is 14.5 Å². The van der Waals surface area contributed by atoms with Crippen LogP contribution in [0.5, 0.6) is 17.2 Å². The fraction of sp³-hybridized carbons (Fsp3) is 0.379. The zero-order valence-corrected chi connectivity index (χ0v) is 21.9. The van der Waals surface area contributed by atoms with Crippen LogP contribution < -0.4 is 14.2 Å². The fourth-order valence-corrected chi connectivity index (χ4v) is 4.68. The lowest BCUT2D eigenvalue weighted by Gasteiger charge is -2.31. The normalized spacial score (nSPS) is 19.4. The lowest BCUT2D eigenvalue weighted by molar-refractivity contribution is -0.140. The average Bonchev–Trinajstić information content (AvgIpc) is 3.20. The first kappa shape index (κ1) is 27.2. The van der Waals surface area contributed by atoms with Gasteiger partial charge in [0.15, 0.2) is 11.5 Å². The largest absolute Gasteiger partial charge is 0.507 e. The Balaban J connectivity index is 1.74. The van der Waals surface area contributed by atoms with Crippen LogP contribution >= 0.6 is 0 Å². The van der Waals surface area contributed by atoms with Gasteiger partial charge in [-0.05, 0) is 48.9 Å². The number of carbonyl (C=O) groups excluding carboxylic acids is 2. The minimum Gasteiger partial charge on any atom is -0.507 e. The van der Waals surface area contributed by atoms with Crippen molar-refractivity contribution in [1.29, 1.82) is 0 Å². The summed E-state index contributed by atoms with van der Waals surface area (Å²) in [6, 6.07) is 11.2. The number of aliphatic hydroxyl groups is 1. The highest BCUT2D eigenvalue weighted by Crippen LogP contribution is 2.42. The van der Waals surface area contributed by atoms with Gasteiger partial charge in [0.25, 0.3) is 11.7 Å². The van der Waals surface area contributed by atoms with Crippen LogP contribution in [-0.4, -0.2) is 86.3 Å². The van der Waals surface area contributed by atoms with Gasteiger partial charge in [-0.1, -0.05) is 18.7 Å². The van der Waals surface area contributed by atoms with E-state index < -0.39 is 17.7 Å². The maximum absolute atomic E-state index is 13.4. The van der Waals surface area contributed by atoms with E-state index in [1.54, 1.807) is 48.5 Å². The second-order valence-corrected chi connectivity index (χ2v) is 8.91. The molecule has 2 aliphatic heterocycles. The maximum atomic E-state index is 13.4. The van der Waals surface area contributed by atoms with Gasteiger partial charge in [0.05, 0.1) is 38.5 Å². The van der Waals surface area contributed by atoms with Crippen molar-refractivity contribution in [3.8, 4) is 17.2 Å². The van der Waals surface area contributed by atoms with Gasteiger partial charge >= 0.3 is 0 Å². The smallest absolute Gasteiger partial charge is 0.295 e. The van der Waals surface area contributed by atoms with Crippen LogP contribution in [0.15, 0.2) is 60.7 Å². The lowest BCUT2D eigenvalue weighted by atomic mass is 9.95. The van der Waals surface area contributed by atoms with Crippen molar-refractivity contribution in [2.24, 2.45) is 0 Å². The summed E-state index contributed by atoms with van der Waals surface area (Å²) in [6.45, 7) is 9.98. The number of Topliss-reactive ketones (excluding diaryl/α,β-unsaturated/α-hetero) is 1. The first-order chi connectivity index (χ1) is 18.5. The number of hydrogen-bond donors (Lipinski definition) is 1. The van der Waals surface area contributed by atoms with Gasteiger partial charge in [-0.2, -0.15) is 0 Å². The molecule has 9 heteroatoms. The Kier molecular flexibility index (Phi) is 9.04. The number of benzene rings is 2. The number of aliphatic hydroxyl groups excluding tert-OH is 1. The molecule has 0 spiro atoms. The second kappa shape index (κ2) is 12.6. The van der Waals surface area contributed by atoms with E-state index in [1.807, 2.05) is 6.92 Å². The zero-order chi connectivity index (χ0) is 27.1. The van der Waals surface area contributed by atoms with Crippen molar-refractivity contribution < 1.29 is 33.6 Å². The van der Waals surface area contributed by atoms with Gasteiger partial charge in [-0.25, -0.2) is 0 Å². The number of nitrogens with zero attached hydrogens (tertiary/aromatic N) is 2. The summed E-state index contributed by atoms with van der Waals surface area (Å²) in [7, 11) is 1.53. The van der Waals surface area contributed by atoms with Crippen molar-refractivity contribution in [3.63, 3.8) is 0 Å². The number of methoxy groups -OCH3 is 1. The topological polar surface area (TPSA) is 97.8 Å². The van der Waals surface area contributed by atoms with Crippen molar-refractivity contribution in [2.75, 3.05) is 59.7 Å². The third-order valence-corrected chi connectivity index (χ3v) is 6.60. The third-order valence-electron chi connectivity index (χ3n) is 6.60. The molecule has 0 saturated carbocycles. The molecule has 0 aliphatic carbocycles. The standard InChI is InChI=1S/C29H34N2O7/c1-4-16-38-22-9-6-20(7-10-22)27(32)25-26(21-8-11-23(37-5-2)24(19-21)35-3)31(29(34)28(25)33)13-12-30-14-17-36-18-15-30/h4,6-11,19,26,32H,1,5,12-18H2,2-3H3/b27-25+. The molecular formula is C29H34N2O7. The molecule has 4 rings (SSSR count). The molecule has 1 amide bonds. The molecule has 0 bridgehead atoms. The second-order valence-electron chi connectivity index (χ2n) is 8.91. The molecule has 2 saturated heterocycles. The van der Waals surface area contributed by atoms with Crippen molar-refractivity contribution in [1.82, 2.24) is 9.80 Å². The maximum Gasteiger partial charge on any atom is 0.295 e. The van der Waals surface area contributed by atoms with E-state index >= 15 is 0 Å². The molecule has 202 valence electrons. The Morgan fingerprint density at radius 3 is 2.47 bits per heavy atom. The highest BCUT2D eigenvalue weighted by atomic mass is 16.5. The number of carbonyl (C=O) groups is 2. The molecular weight excluding hydrogens is 488 g/mol. The van der Waals surface area contributed by atoms with Gasteiger partial charge in [0, 0.05) is 31.7 Å². The van der Waals surface area contributed by atoms with E-state index in [2.05, 4.69) is 11.5 Å². The summed E-state index contributed by atoms with van der Waals surface area (Å²) in [5, 5.41) is 11.3. The number of ether oxygens (including phenoxy) is 4. The highest BCUT2D eigenvalue weighted by molar-refractivity contribution is 6.46. The van der Waals surface area contributed by atoms with Gasteiger partial charge < -0.3 is 29.0 Å². The fourth-order valence-electron chi connectivity index (χ4n) is 4.68. The lowest BCUT2D eigenvalue weighted by Crippen LogP contribution is -2.42. The summed E-state index contributed by atoms with van der Waals surface area (Å²) < 4.78 is 22.1. The summed E-state index contributed by atoms with van der Waals surface area (Å²) in [5.74, 6) is 0.00874. The summed E-state index contributed by atoms with van der Waals surface area (Å²) in [4.78, 5) is 30.4. The number of morpholine rings is 1. The van der Waals surface area contributed by atoms with Crippen LogP contribution in [0.2, 0.25) is 0 Å². The summed E-state index contributed by atoms with van der Waals surface area (Å²) in [5.41, 5.74) is 1.08. The Labute approximate surface area is 222 Å². The van der Waals surface area contributed by atoms with Gasteiger partial charge in [-0.15, -0.1) is 0 Å². The number of hydrogen-bond acceptors (Lipinski definition) is 8. The molecule has 2 heterocycles. The quantitative estimate of drug-likeness (QED) is 0.208. The average molecular weight is 523 g/mol. The molecule has 2 aliphatic rings. The predicted molar refractivity (Wildman–Crippen MR) is 143 cm³/mol. The SMILES string of the molecule is C=CCOc1ccc(/C(O)=C2\C(=O)C(=O)N(CCN3CCOCC3)C2c2ccc(OCC)c(OC)c2)cc1. The number of amides is 1. The van der Waals surface area contributed by atoms with E-state index in [0.717, 1.165) is 13.1 Å². The Morgan fingerprint density at radius 1 is 1.08 bits per heavy atom. The number of likely N-dealkylation sites (tertiary alicyclic amines) is 1. The first-order valence-electron chi connectivity index (χ1n) is 12.7. The van der Waals surface area contributed by atoms with Crippen LogP contribution in [0.4, 0.5) is 0 Å². The minimum absolute atomic E-state index is 0.0305. The Bertz CT molecular complexity index is 1190. The number of rotatable bonds is 11. The highest BCUT2D eigenvalue weighted by Gasteiger charge is 2.46. The molecule has 1 unspecified atom stereocenters. The van der Waals surface area contributed by atoms with E-state index in [-0.39, 0.29) is 11.3 Å². The Morgan fingerprint density at radius 2 is 1.82 bits per heavy atom. The Hall–Kier alpha value is -3.82.